The maximum atomic E-state index is 10.3. The minimum Gasteiger partial charge on any atom is -0.481 e. The van der Waals surface area contributed by atoms with Crippen molar-refractivity contribution in [3.63, 3.8) is 0 Å². The molecule has 0 aromatic carbocycles. The van der Waals surface area contributed by atoms with Gasteiger partial charge in [-0.25, -0.2) is 9.97 Å². The Kier molecular flexibility index (Phi) is 2.60. The molecule has 1 aromatic heterocycles. The van der Waals surface area contributed by atoms with E-state index in [2.05, 4.69) is 9.97 Å². The molecule has 5 heteroatoms. The van der Waals surface area contributed by atoms with Gasteiger partial charge in [0.2, 0.25) is 0 Å². The number of aliphatic carboxylic acids is 1. The molecule has 12 heavy (non-hydrogen) atoms. The number of nitrogens with zero attached hydrogens (tertiary/aromatic N) is 2. The lowest BCUT2D eigenvalue weighted by Crippen LogP contribution is -2.03. The fourth-order valence-electron chi connectivity index (χ4n) is 0.749. The van der Waals surface area contributed by atoms with E-state index in [0.717, 1.165) is 0 Å². The number of aromatic nitrogens is 2. The van der Waals surface area contributed by atoms with Gasteiger partial charge in [0.05, 0.1) is 6.42 Å². The minimum atomic E-state index is -0.940. The van der Waals surface area contributed by atoms with Crippen LogP contribution in [0.1, 0.15) is 11.4 Å². The summed E-state index contributed by atoms with van der Waals surface area (Å²) in [5, 5.41) is 8.66. The number of hydrogen-bond acceptors (Lipinski definition) is 3. The molecule has 1 rings (SSSR count). The van der Waals surface area contributed by atoms with Crippen molar-refractivity contribution in [3.8, 4) is 0 Å². The lowest BCUT2D eigenvalue weighted by atomic mass is 10.2. The lowest BCUT2D eigenvalue weighted by Gasteiger charge is -1.99. The second kappa shape index (κ2) is 3.49. The third-order valence-corrected chi connectivity index (χ3v) is 1.60. The van der Waals surface area contributed by atoms with E-state index in [9.17, 15) is 4.79 Å². The molecule has 0 aliphatic carbocycles. The molecule has 0 radical (unpaired) electrons. The Morgan fingerprint density at radius 3 is 2.92 bits per heavy atom. The molecule has 0 saturated heterocycles. The third kappa shape index (κ3) is 2.17. The van der Waals surface area contributed by atoms with E-state index in [1.54, 1.807) is 6.92 Å². The topological polar surface area (TPSA) is 63.1 Å². The molecule has 0 aliphatic rings. The van der Waals surface area contributed by atoms with Crippen LogP contribution in [-0.4, -0.2) is 21.0 Å². The second-order valence-corrected chi connectivity index (χ2v) is 2.66. The van der Waals surface area contributed by atoms with Crippen molar-refractivity contribution in [3.05, 3.63) is 22.7 Å². The minimum absolute atomic E-state index is 0.140. The number of carboxylic acids is 1. The van der Waals surface area contributed by atoms with Crippen LogP contribution < -0.4 is 0 Å². The normalized spacial score (nSPS) is 9.83. The van der Waals surface area contributed by atoms with Gasteiger partial charge >= 0.3 is 5.97 Å². The summed E-state index contributed by atoms with van der Waals surface area (Å²) >= 11 is 5.66. The summed E-state index contributed by atoms with van der Waals surface area (Å²) in [6.45, 7) is 1.69. The molecular weight excluding hydrogens is 180 g/mol. The fourth-order valence-corrected chi connectivity index (χ4v) is 0.987. The summed E-state index contributed by atoms with van der Waals surface area (Å²) in [4.78, 5) is 17.9. The van der Waals surface area contributed by atoms with Crippen LogP contribution in [0.25, 0.3) is 0 Å². The third-order valence-electron chi connectivity index (χ3n) is 1.27. The van der Waals surface area contributed by atoms with E-state index in [1.165, 1.54) is 6.20 Å². The fraction of sp³-hybridized carbons (Fsp3) is 0.286. The molecule has 4 nitrogen and oxygen atoms in total. The number of carbonyl (C=O) groups is 1. The zero-order valence-electron chi connectivity index (χ0n) is 6.41. The van der Waals surface area contributed by atoms with Crippen LogP contribution in [0.3, 0.4) is 0 Å². The van der Waals surface area contributed by atoms with Gasteiger partial charge in [0.25, 0.3) is 0 Å². The predicted molar refractivity (Wildman–Crippen MR) is 43.1 cm³/mol. The molecule has 0 atom stereocenters. The van der Waals surface area contributed by atoms with Gasteiger partial charge in [-0.3, -0.25) is 4.79 Å². The monoisotopic (exact) mass is 186 g/mol. The van der Waals surface area contributed by atoms with E-state index in [4.69, 9.17) is 16.7 Å². The van der Waals surface area contributed by atoms with Gasteiger partial charge in [0.1, 0.15) is 11.0 Å². The Morgan fingerprint density at radius 2 is 2.42 bits per heavy atom. The van der Waals surface area contributed by atoms with Gasteiger partial charge in [-0.15, -0.1) is 0 Å². The summed E-state index contributed by atoms with van der Waals surface area (Å²) in [5.74, 6) is -0.404. The first kappa shape index (κ1) is 8.93. The Bertz CT molecular complexity index is 314. The first-order chi connectivity index (χ1) is 5.59. The van der Waals surface area contributed by atoms with Crippen LogP contribution in [0.4, 0.5) is 0 Å². The predicted octanol–water partition coefficient (Wildman–Crippen LogP) is 1.07. The number of carboxylic acid groups (broad SMARTS) is 1. The molecule has 0 spiro atoms. The molecule has 1 N–H and O–H groups in total. The number of hydrogen-bond donors (Lipinski definition) is 1. The van der Waals surface area contributed by atoms with Crippen LogP contribution in [0.2, 0.25) is 5.15 Å². The van der Waals surface area contributed by atoms with E-state index in [-0.39, 0.29) is 11.6 Å². The van der Waals surface area contributed by atoms with Crippen molar-refractivity contribution in [1.29, 1.82) is 0 Å². The van der Waals surface area contributed by atoms with Crippen LogP contribution >= 0.6 is 11.6 Å². The molecule has 0 bridgehead atoms. The number of aryl methyl sites for hydroxylation is 1. The van der Waals surface area contributed by atoms with Gasteiger partial charge in [0, 0.05) is 11.8 Å². The van der Waals surface area contributed by atoms with Crippen molar-refractivity contribution in [2.75, 3.05) is 0 Å². The Balaban J connectivity index is 2.93. The average molecular weight is 187 g/mol. The number of halogens is 1. The van der Waals surface area contributed by atoms with E-state index in [0.29, 0.717) is 11.4 Å². The van der Waals surface area contributed by atoms with E-state index in [1.807, 2.05) is 0 Å². The zero-order valence-corrected chi connectivity index (χ0v) is 7.17. The van der Waals surface area contributed by atoms with E-state index < -0.39 is 5.97 Å². The Hall–Kier alpha value is -1.16. The molecule has 0 fully saturated rings. The largest absolute Gasteiger partial charge is 0.481 e. The maximum absolute atomic E-state index is 10.3. The van der Waals surface area contributed by atoms with Crippen molar-refractivity contribution in [2.45, 2.75) is 13.3 Å². The summed E-state index contributed by atoms with van der Waals surface area (Å²) in [6, 6.07) is 0. The number of rotatable bonds is 2. The van der Waals surface area contributed by atoms with Gasteiger partial charge in [-0.05, 0) is 6.92 Å². The van der Waals surface area contributed by atoms with Crippen LogP contribution in [0.5, 0.6) is 0 Å². The first-order valence-corrected chi connectivity index (χ1v) is 3.67. The smallest absolute Gasteiger partial charge is 0.307 e. The summed E-state index contributed by atoms with van der Waals surface area (Å²) in [7, 11) is 0. The quantitative estimate of drug-likeness (QED) is 0.702. The zero-order chi connectivity index (χ0) is 9.14. The van der Waals surface area contributed by atoms with Crippen molar-refractivity contribution >= 4 is 17.6 Å². The molecular formula is C7H7ClN2O2. The summed E-state index contributed by atoms with van der Waals surface area (Å²) in [6.07, 6.45) is 1.29. The highest BCUT2D eigenvalue weighted by molar-refractivity contribution is 6.30. The second-order valence-electron chi connectivity index (χ2n) is 2.30. The van der Waals surface area contributed by atoms with Crippen molar-refractivity contribution in [2.24, 2.45) is 0 Å². The Labute approximate surface area is 74.2 Å². The molecule has 0 saturated carbocycles. The molecule has 1 heterocycles. The van der Waals surface area contributed by atoms with Crippen LogP contribution in [-0.2, 0) is 11.2 Å². The van der Waals surface area contributed by atoms with Gasteiger partial charge in [0.15, 0.2) is 0 Å². The molecule has 0 amide bonds. The maximum Gasteiger partial charge on any atom is 0.307 e. The standard InChI is InChI=1S/C7H7ClN2O2/c1-4-9-3-5(2-6(11)12)7(8)10-4/h3H,2H2,1H3,(H,11,12). The highest BCUT2D eigenvalue weighted by Gasteiger charge is 2.06. The SMILES string of the molecule is Cc1ncc(CC(=O)O)c(Cl)n1. The van der Waals surface area contributed by atoms with Crippen molar-refractivity contribution in [1.82, 2.24) is 9.97 Å². The van der Waals surface area contributed by atoms with Gasteiger partial charge in [-0.1, -0.05) is 11.6 Å². The lowest BCUT2D eigenvalue weighted by molar-refractivity contribution is -0.136. The van der Waals surface area contributed by atoms with E-state index >= 15 is 0 Å². The summed E-state index contributed by atoms with van der Waals surface area (Å²) < 4.78 is 0. The highest BCUT2D eigenvalue weighted by Crippen LogP contribution is 2.11. The highest BCUT2D eigenvalue weighted by atomic mass is 35.5. The van der Waals surface area contributed by atoms with Crippen LogP contribution in [0.15, 0.2) is 6.20 Å². The van der Waals surface area contributed by atoms with Gasteiger partial charge < -0.3 is 5.11 Å². The molecule has 1 aromatic rings. The molecule has 0 unspecified atom stereocenters. The molecule has 0 aliphatic heterocycles. The molecule has 64 valence electrons. The summed E-state index contributed by atoms with van der Waals surface area (Å²) in [5.41, 5.74) is 0.440. The van der Waals surface area contributed by atoms with Crippen LogP contribution in [0, 0.1) is 6.92 Å². The average Bonchev–Trinajstić information content (AvgIpc) is 1.94. The van der Waals surface area contributed by atoms with Crippen molar-refractivity contribution < 1.29 is 9.90 Å². The first-order valence-electron chi connectivity index (χ1n) is 3.29. The van der Waals surface area contributed by atoms with Gasteiger partial charge in [-0.2, -0.15) is 0 Å². The Morgan fingerprint density at radius 1 is 1.75 bits per heavy atom.